The number of hydrogen-bond donors (Lipinski definition) is 0. The number of rotatable bonds is 6. The van der Waals surface area contributed by atoms with Crippen molar-refractivity contribution in [1.82, 2.24) is 4.90 Å². The molecule has 0 radical (unpaired) electrons. The van der Waals surface area contributed by atoms with Crippen molar-refractivity contribution in [3.8, 4) is 0 Å². The summed E-state index contributed by atoms with van der Waals surface area (Å²) in [5, 5.41) is 0.600. The zero-order valence-electron chi connectivity index (χ0n) is 15.8. The highest BCUT2D eigenvalue weighted by molar-refractivity contribution is 7.91. The average Bonchev–Trinajstić information content (AvgIpc) is 3.05. The summed E-state index contributed by atoms with van der Waals surface area (Å²) in [6.45, 7) is 2.52. The van der Waals surface area contributed by atoms with E-state index >= 15 is 0 Å². The van der Waals surface area contributed by atoms with Crippen molar-refractivity contribution in [2.24, 2.45) is 0 Å². The first-order chi connectivity index (χ1) is 13.4. The van der Waals surface area contributed by atoms with Crippen LogP contribution in [0, 0.1) is 0 Å². The Labute approximate surface area is 171 Å². The monoisotopic (exact) mass is 417 g/mol. The molecule has 28 heavy (non-hydrogen) atoms. The van der Waals surface area contributed by atoms with Gasteiger partial charge in [-0.25, -0.2) is 8.42 Å². The summed E-state index contributed by atoms with van der Waals surface area (Å²) in [6.07, 6.45) is 3.12. The van der Waals surface area contributed by atoms with Gasteiger partial charge in [0.05, 0.1) is 11.5 Å². The fourth-order valence-electron chi connectivity index (χ4n) is 3.48. The van der Waals surface area contributed by atoms with E-state index in [0.717, 1.165) is 17.5 Å². The van der Waals surface area contributed by atoms with Crippen molar-refractivity contribution >= 4 is 39.0 Å². The first-order valence-electron chi connectivity index (χ1n) is 9.43. The molecule has 0 N–H and O–H groups in total. The lowest BCUT2D eigenvalue weighted by Crippen LogP contribution is -2.42. The molecular weight excluding hydrogens is 394 g/mol. The van der Waals surface area contributed by atoms with Gasteiger partial charge in [0.15, 0.2) is 9.84 Å². The van der Waals surface area contributed by atoms with Gasteiger partial charge in [0.1, 0.15) is 0 Å². The molecule has 0 bridgehead atoms. The molecule has 0 saturated carbocycles. The van der Waals surface area contributed by atoms with E-state index in [1.807, 2.05) is 55.5 Å². The highest BCUT2D eigenvalue weighted by atomic mass is 35.5. The summed E-state index contributed by atoms with van der Waals surface area (Å²) in [7, 11) is -3.08. The number of sulfone groups is 1. The molecule has 6 heteroatoms. The Bertz CT molecular complexity index is 953. The van der Waals surface area contributed by atoms with Crippen LogP contribution < -0.4 is 0 Å². The third-order valence-electron chi connectivity index (χ3n) is 4.87. The molecule has 1 unspecified atom stereocenters. The Morgan fingerprint density at radius 3 is 2.39 bits per heavy atom. The van der Waals surface area contributed by atoms with Crippen LogP contribution >= 0.6 is 11.6 Å². The minimum atomic E-state index is -3.08. The molecule has 2 aromatic carbocycles. The third-order valence-corrected chi connectivity index (χ3v) is 6.87. The van der Waals surface area contributed by atoms with E-state index in [4.69, 9.17) is 11.6 Å². The Morgan fingerprint density at radius 1 is 1.14 bits per heavy atom. The molecule has 0 spiro atoms. The fraction of sp³-hybridized carbons (Fsp3) is 0.318. The number of carbonyl (C=O) groups excluding carboxylic acids is 1. The Balaban J connectivity index is 2.01. The summed E-state index contributed by atoms with van der Waals surface area (Å²) in [4.78, 5) is 15.3. The number of nitrogens with zero attached hydrogens (tertiary/aromatic N) is 1. The lowest BCUT2D eigenvalue weighted by molar-refractivity contribution is -0.126. The molecule has 1 amide bonds. The Kier molecular flexibility index (Phi) is 6.57. The molecule has 4 nitrogen and oxygen atoms in total. The predicted molar refractivity (Wildman–Crippen MR) is 115 cm³/mol. The topological polar surface area (TPSA) is 54.5 Å². The van der Waals surface area contributed by atoms with Gasteiger partial charge >= 0.3 is 0 Å². The van der Waals surface area contributed by atoms with E-state index in [1.54, 1.807) is 17.0 Å². The van der Waals surface area contributed by atoms with Crippen molar-refractivity contribution in [2.45, 2.75) is 25.8 Å². The highest BCUT2D eigenvalue weighted by Gasteiger charge is 2.35. The third kappa shape index (κ3) is 5.03. The number of amides is 1. The number of hydrogen-bond acceptors (Lipinski definition) is 3. The van der Waals surface area contributed by atoms with Crippen LogP contribution in [0.4, 0.5) is 0 Å². The lowest BCUT2D eigenvalue weighted by atomic mass is 10.00. The second-order valence-electron chi connectivity index (χ2n) is 7.03. The van der Waals surface area contributed by atoms with Crippen LogP contribution in [0.2, 0.25) is 5.02 Å². The molecule has 0 aliphatic carbocycles. The van der Waals surface area contributed by atoms with Crippen LogP contribution in [0.25, 0.3) is 11.6 Å². The molecule has 3 rings (SSSR count). The molecule has 1 saturated heterocycles. The molecule has 1 heterocycles. The fourth-order valence-corrected chi connectivity index (χ4v) is 5.34. The molecule has 1 aliphatic heterocycles. The van der Waals surface area contributed by atoms with Gasteiger partial charge in [0, 0.05) is 23.2 Å². The van der Waals surface area contributed by atoms with Gasteiger partial charge in [-0.3, -0.25) is 4.79 Å². The van der Waals surface area contributed by atoms with Crippen LogP contribution in [-0.4, -0.2) is 43.3 Å². The summed E-state index contributed by atoms with van der Waals surface area (Å²) in [6, 6.07) is 16.5. The maximum atomic E-state index is 13.6. The van der Waals surface area contributed by atoms with Crippen molar-refractivity contribution in [3.05, 3.63) is 70.7 Å². The van der Waals surface area contributed by atoms with Crippen LogP contribution in [0.1, 0.15) is 30.9 Å². The largest absolute Gasteiger partial charge is 0.335 e. The van der Waals surface area contributed by atoms with Crippen LogP contribution in [0.3, 0.4) is 0 Å². The van der Waals surface area contributed by atoms with E-state index in [2.05, 4.69) is 0 Å². The maximum absolute atomic E-state index is 13.6. The Morgan fingerprint density at radius 2 is 1.82 bits per heavy atom. The van der Waals surface area contributed by atoms with E-state index in [9.17, 15) is 13.2 Å². The minimum absolute atomic E-state index is 0.0397. The van der Waals surface area contributed by atoms with Crippen LogP contribution in [0.15, 0.2) is 54.6 Å². The molecule has 0 aromatic heterocycles. The van der Waals surface area contributed by atoms with Gasteiger partial charge in [0.25, 0.3) is 5.91 Å². The number of halogens is 1. The first kappa shape index (κ1) is 20.6. The molecule has 1 atom stereocenters. The molecule has 1 aliphatic rings. The highest BCUT2D eigenvalue weighted by Crippen LogP contribution is 2.26. The standard InChI is InChI=1S/C22H24ClNO3S/c1-2-13-24(20-12-14-28(26,27)16-20)22(25)21(15-17-6-4-3-5-7-17)18-8-10-19(23)11-9-18/h3-11,15,20H,2,12-14,16H2,1H3. The smallest absolute Gasteiger partial charge is 0.254 e. The normalized spacial score (nSPS) is 18.8. The second-order valence-corrected chi connectivity index (χ2v) is 9.70. The summed E-state index contributed by atoms with van der Waals surface area (Å²) in [5.41, 5.74) is 2.22. The number of benzene rings is 2. The van der Waals surface area contributed by atoms with E-state index in [0.29, 0.717) is 23.6 Å². The van der Waals surface area contributed by atoms with E-state index < -0.39 is 9.84 Å². The summed E-state index contributed by atoms with van der Waals surface area (Å²) >= 11 is 6.02. The maximum Gasteiger partial charge on any atom is 0.254 e. The van der Waals surface area contributed by atoms with Crippen LogP contribution in [0.5, 0.6) is 0 Å². The SMILES string of the molecule is CCCN(C(=O)C(=Cc1ccccc1)c1ccc(Cl)cc1)C1CCS(=O)(=O)C1. The van der Waals surface area contributed by atoms with E-state index in [-0.39, 0.29) is 23.5 Å². The van der Waals surface area contributed by atoms with Crippen LogP contribution in [-0.2, 0) is 14.6 Å². The van der Waals surface area contributed by atoms with Gasteiger partial charge in [-0.05, 0) is 42.2 Å². The minimum Gasteiger partial charge on any atom is -0.335 e. The van der Waals surface area contributed by atoms with Crippen molar-refractivity contribution in [3.63, 3.8) is 0 Å². The second kappa shape index (κ2) is 8.93. The molecule has 148 valence electrons. The van der Waals surface area contributed by atoms with Crippen molar-refractivity contribution < 1.29 is 13.2 Å². The van der Waals surface area contributed by atoms with Gasteiger partial charge < -0.3 is 4.90 Å². The quantitative estimate of drug-likeness (QED) is 0.520. The molecule has 1 fully saturated rings. The zero-order chi connectivity index (χ0) is 20.1. The van der Waals surface area contributed by atoms with Crippen molar-refractivity contribution in [2.75, 3.05) is 18.1 Å². The average molecular weight is 418 g/mol. The Hall–Kier alpha value is -2.11. The predicted octanol–water partition coefficient (Wildman–Crippen LogP) is 4.31. The van der Waals surface area contributed by atoms with Gasteiger partial charge in [-0.15, -0.1) is 0 Å². The number of carbonyl (C=O) groups is 1. The summed E-state index contributed by atoms with van der Waals surface area (Å²) in [5.74, 6) is 0.0390. The van der Waals surface area contributed by atoms with E-state index in [1.165, 1.54) is 0 Å². The van der Waals surface area contributed by atoms with Gasteiger partial charge in [0.2, 0.25) is 0 Å². The van der Waals surface area contributed by atoms with Gasteiger partial charge in [-0.1, -0.05) is 61.0 Å². The molecular formula is C22H24ClNO3S. The molecule has 2 aromatic rings. The first-order valence-corrected chi connectivity index (χ1v) is 11.6. The summed E-state index contributed by atoms with van der Waals surface area (Å²) < 4.78 is 23.9. The lowest BCUT2D eigenvalue weighted by Gasteiger charge is -2.29. The van der Waals surface area contributed by atoms with Gasteiger partial charge in [-0.2, -0.15) is 0 Å². The zero-order valence-corrected chi connectivity index (χ0v) is 17.4. The van der Waals surface area contributed by atoms with Crippen molar-refractivity contribution in [1.29, 1.82) is 0 Å².